The van der Waals surface area contributed by atoms with E-state index in [2.05, 4.69) is 4.98 Å². The van der Waals surface area contributed by atoms with Crippen molar-refractivity contribution in [3.63, 3.8) is 0 Å². The van der Waals surface area contributed by atoms with Gasteiger partial charge in [-0.1, -0.05) is 11.3 Å². The zero-order valence-corrected chi connectivity index (χ0v) is 10.3. The molecule has 0 saturated heterocycles. The zero-order chi connectivity index (χ0) is 12.4. The van der Waals surface area contributed by atoms with Crippen LogP contribution in [0.25, 0.3) is 0 Å². The fraction of sp³-hybridized carbons (Fsp3) is 0.273. The van der Waals surface area contributed by atoms with Crippen molar-refractivity contribution in [3.05, 3.63) is 34.7 Å². The van der Waals surface area contributed by atoms with Gasteiger partial charge in [-0.15, -0.1) is 0 Å². The molecular weight excluding hydrogens is 240 g/mol. The molecule has 2 rings (SSSR count). The second kappa shape index (κ2) is 4.58. The first-order valence-electron chi connectivity index (χ1n) is 5.02. The van der Waals surface area contributed by atoms with Gasteiger partial charge in [0.15, 0.2) is 5.13 Å². The van der Waals surface area contributed by atoms with Crippen molar-refractivity contribution in [2.75, 3.05) is 11.9 Å². The van der Waals surface area contributed by atoms with Crippen LogP contribution < -0.4 is 4.90 Å². The number of hydrogen-bond acceptors (Lipinski definition) is 5. The first kappa shape index (κ1) is 11.7. The minimum Gasteiger partial charge on any atom is -0.477 e. The topological polar surface area (TPSA) is 66.6 Å². The fourth-order valence-electron chi connectivity index (χ4n) is 1.45. The predicted molar refractivity (Wildman–Crippen MR) is 64.6 cm³/mol. The molecule has 0 aliphatic rings. The Labute approximate surface area is 102 Å². The number of aromatic nitrogens is 1. The van der Waals surface area contributed by atoms with Crippen LogP contribution in [0, 0.1) is 6.92 Å². The first-order valence-corrected chi connectivity index (χ1v) is 5.84. The molecule has 0 unspecified atom stereocenters. The zero-order valence-electron chi connectivity index (χ0n) is 9.51. The molecule has 0 aromatic carbocycles. The summed E-state index contributed by atoms with van der Waals surface area (Å²) in [5, 5.41) is 9.63. The fourth-order valence-corrected chi connectivity index (χ4v) is 2.31. The largest absolute Gasteiger partial charge is 0.477 e. The van der Waals surface area contributed by atoms with Crippen LogP contribution in [0.2, 0.25) is 0 Å². The number of anilines is 1. The van der Waals surface area contributed by atoms with E-state index in [1.165, 1.54) is 11.3 Å². The molecule has 0 aliphatic heterocycles. The number of aromatic carboxylic acids is 1. The van der Waals surface area contributed by atoms with E-state index < -0.39 is 5.97 Å². The summed E-state index contributed by atoms with van der Waals surface area (Å²) < 4.78 is 5.23. The summed E-state index contributed by atoms with van der Waals surface area (Å²) in [5.74, 6) is -0.116. The number of furan rings is 1. The maximum atomic E-state index is 10.9. The van der Waals surface area contributed by atoms with Gasteiger partial charge in [0.25, 0.3) is 0 Å². The van der Waals surface area contributed by atoms with E-state index in [0.29, 0.717) is 17.4 Å². The van der Waals surface area contributed by atoms with Crippen LogP contribution >= 0.6 is 11.3 Å². The van der Waals surface area contributed by atoms with Gasteiger partial charge in [-0.2, -0.15) is 0 Å². The number of thiazole rings is 1. The van der Waals surface area contributed by atoms with Crippen molar-refractivity contribution >= 4 is 22.4 Å². The van der Waals surface area contributed by atoms with Crippen LogP contribution in [0.5, 0.6) is 0 Å². The molecule has 2 heterocycles. The third-order valence-corrected chi connectivity index (χ3v) is 3.54. The van der Waals surface area contributed by atoms with Gasteiger partial charge in [-0.05, 0) is 19.1 Å². The number of carbonyl (C=O) groups is 1. The quantitative estimate of drug-likeness (QED) is 0.904. The van der Waals surface area contributed by atoms with Gasteiger partial charge in [0.05, 0.1) is 18.5 Å². The summed E-state index contributed by atoms with van der Waals surface area (Å²) in [6.45, 7) is 2.27. The lowest BCUT2D eigenvalue weighted by Gasteiger charge is -2.13. The highest BCUT2D eigenvalue weighted by atomic mass is 32.1. The molecule has 0 aliphatic carbocycles. The number of nitrogens with zero attached hydrogens (tertiary/aromatic N) is 2. The van der Waals surface area contributed by atoms with E-state index in [9.17, 15) is 4.79 Å². The lowest BCUT2D eigenvalue weighted by molar-refractivity contribution is 0.0701. The Morgan fingerprint density at radius 3 is 2.94 bits per heavy atom. The van der Waals surface area contributed by atoms with Crippen molar-refractivity contribution in [1.82, 2.24) is 4.98 Å². The number of hydrogen-bond donors (Lipinski definition) is 1. The normalized spacial score (nSPS) is 10.5. The summed E-state index contributed by atoms with van der Waals surface area (Å²) in [4.78, 5) is 17.3. The van der Waals surface area contributed by atoms with Crippen LogP contribution in [-0.4, -0.2) is 23.1 Å². The Morgan fingerprint density at radius 2 is 2.41 bits per heavy atom. The second-order valence-corrected chi connectivity index (χ2v) is 4.63. The summed E-state index contributed by atoms with van der Waals surface area (Å²) in [6, 6.07) is 3.69. The molecule has 5 nitrogen and oxygen atoms in total. The predicted octanol–water partition coefficient (Wildman–Crippen LogP) is 2.38. The van der Waals surface area contributed by atoms with Crippen molar-refractivity contribution in [1.29, 1.82) is 0 Å². The van der Waals surface area contributed by atoms with E-state index in [1.54, 1.807) is 13.2 Å². The Balaban J connectivity index is 2.17. The third kappa shape index (κ3) is 2.47. The minimum absolute atomic E-state index is 0.284. The molecule has 2 aromatic rings. The average Bonchev–Trinajstić information content (AvgIpc) is 2.86. The van der Waals surface area contributed by atoms with E-state index >= 15 is 0 Å². The number of carboxylic acids is 1. The Kier molecular flexibility index (Phi) is 3.14. The average molecular weight is 252 g/mol. The smallest absolute Gasteiger partial charge is 0.347 e. The molecular formula is C11H12N2O3S. The number of aryl methyl sites for hydroxylation is 1. The van der Waals surface area contributed by atoms with Crippen LogP contribution in [0.4, 0.5) is 5.13 Å². The van der Waals surface area contributed by atoms with Gasteiger partial charge >= 0.3 is 5.97 Å². The molecule has 17 heavy (non-hydrogen) atoms. The van der Waals surface area contributed by atoms with E-state index in [0.717, 1.165) is 5.76 Å². The van der Waals surface area contributed by atoms with Crippen molar-refractivity contribution in [2.24, 2.45) is 0 Å². The van der Waals surface area contributed by atoms with Gasteiger partial charge in [0.2, 0.25) is 0 Å². The molecule has 0 bridgehead atoms. The van der Waals surface area contributed by atoms with Crippen molar-refractivity contribution in [2.45, 2.75) is 13.5 Å². The summed E-state index contributed by atoms with van der Waals surface area (Å²) in [6.07, 6.45) is 1.61. The molecule has 0 spiro atoms. The Morgan fingerprint density at radius 1 is 1.65 bits per heavy atom. The highest BCUT2D eigenvalue weighted by Gasteiger charge is 2.16. The van der Waals surface area contributed by atoms with E-state index in [4.69, 9.17) is 9.52 Å². The van der Waals surface area contributed by atoms with Crippen molar-refractivity contribution < 1.29 is 14.3 Å². The molecule has 0 radical (unpaired) electrons. The molecule has 90 valence electrons. The maximum Gasteiger partial charge on any atom is 0.347 e. The monoisotopic (exact) mass is 252 g/mol. The Bertz CT molecular complexity index is 519. The van der Waals surface area contributed by atoms with Gasteiger partial charge in [-0.3, -0.25) is 0 Å². The molecule has 0 atom stereocenters. The van der Waals surface area contributed by atoms with Crippen LogP contribution in [0.3, 0.4) is 0 Å². The molecule has 0 saturated carbocycles. The highest BCUT2D eigenvalue weighted by Crippen LogP contribution is 2.26. The number of rotatable bonds is 4. The summed E-state index contributed by atoms with van der Waals surface area (Å²) in [5.41, 5.74) is 0.545. The summed E-state index contributed by atoms with van der Waals surface area (Å²) in [7, 11) is 1.85. The van der Waals surface area contributed by atoms with Gasteiger partial charge in [-0.25, -0.2) is 9.78 Å². The minimum atomic E-state index is -0.933. The maximum absolute atomic E-state index is 10.9. The third-order valence-electron chi connectivity index (χ3n) is 2.28. The van der Waals surface area contributed by atoms with E-state index in [1.807, 2.05) is 24.1 Å². The standard InChI is InChI=1S/C11H12N2O3S/c1-7-9(10(14)15)17-11(12-7)13(2)6-8-4-3-5-16-8/h3-5H,6H2,1-2H3,(H,14,15). The van der Waals surface area contributed by atoms with Crippen LogP contribution in [0.1, 0.15) is 21.1 Å². The molecule has 2 aromatic heterocycles. The molecule has 6 heteroatoms. The first-order chi connectivity index (χ1) is 8.08. The lowest BCUT2D eigenvalue weighted by Crippen LogP contribution is -2.15. The van der Waals surface area contributed by atoms with Gasteiger partial charge < -0.3 is 14.4 Å². The number of carboxylic acid groups (broad SMARTS) is 1. The van der Waals surface area contributed by atoms with Crippen LogP contribution in [-0.2, 0) is 6.54 Å². The SMILES string of the molecule is Cc1nc(N(C)Cc2ccco2)sc1C(=O)O. The van der Waals surface area contributed by atoms with Gasteiger partial charge in [0, 0.05) is 7.05 Å². The molecule has 0 amide bonds. The van der Waals surface area contributed by atoms with Crippen molar-refractivity contribution in [3.8, 4) is 0 Å². The lowest BCUT2D eigenvalue weighted by atomic mass is 10.4. The molecule has 0 fully saturated rings. The summed E-state index contributed by atoms with van der Waals surface area (Å²) >= 11 is 1.17. The Hall–Kier alpha value is -1.82. The second-order valence-electron chi connectivity index (χ2n) is 3.65. The van der Waals surface area contributed by atoms with E-state index in [-0.39, 0.29) is 4.88 Å². The molecule has 1 N–H and O–H groups in total. The van der Waals surface area contributed by atoms with Gasteiger partial charge in [0.1, 0.15) is 10.6 Å². The highest BCUT2D eigenvalue weighted by molar-refractivity contribution is 7.17. The van der Waals surface area contributed by atoms with Crippen LogP contribution in [0.15, 0.2) is 22.8 Å².